The molecule has 0 atom stereocenters. The third-order valence-corrected chi connectivity index (χ3v) is 4.10. The van der Waals surface area contributed by atoms with Gasteiger partial charge in [-0.05, 0) is 38.5 Å². The van der Waals surface area contributed by atoms with Gasteiger partial charge in [-0.3, -0.25) is 4.68 Å². The van der Waals surface area contributed by atoms with Crippen LogP contribution in [0.3, 0.4) is 0 Å². The highest BCUT2D eigenvalue weighted by Gasteiger charge is 2.16. The predicted octanol–water partition coefficient (Wildman–Crippen LogP) is 4.47. The van der Waals surface area contributed by atoms with Gasteiger partial charge >= 0.3 is 6.09 Å². The van der Waals surface area contributed by atoms with Crippen molar-refractivity contribution in [2.45, 2.75) is 32.9 Å². The average molecular weight is 406 g/mol. The van der Waals surface area contributed by atoms with Crippen molar-refractivity contribution in [1.29, 1.82) is 0 Å². The molecule has 0 aliphatic heterocycles. The number of para-hydroxylation sites is 1. The Labute approximate surface area is 176 Å². The van der Waals surface area contributed by atoms with Crippen LogP contribution in [-0.2, 0) is 11.3 Å². The molecule has 0 aliphatic rings. The van der Waals surface area contributed by atoms with Crippen LogP contribution in [0, 0.1) is 0 Å². The van der Waals surface area contributed by atoms with Crippen LogP contribution >= 0.6 is 0 Å². The van der Waals surface area contributed by atoms with Crippen molar-refractivity contribution in [1.82, 2.24) is 15.2 Å². The number of carbonyl (C=O) groups excluding carboxylic acids is 1. The Hall–Kier alpha value is -3.61. The van der Waals surface area contributed by atoms with E-state index < -0.39 is 11.7 Å². The fraction of sp³-hybridized carbons (Fsp3) is 0.261. The largest absolute Gasteiger partial charge is 0.496 e. The molecule has 1 amide bonds. The molecule has 0 spiro atoms. The number of ether oxygens (including phenoxy) is 2. The Morgan fingerprint density at radius 1 is 1.13 bits per heavy atom. The number of nitrogens with zero attached hydrogens (tertiary/aromatic N) is 3. The second kappa shape index (κ2) is 9.26. The van der Waals surface area contributed by atoms with Crippen molar-refractivity contribution in [3.63, 3.8) is 0 Å². The first kappa shape index (κ1) is 21.1. The van der Waals surface area contributed by atoms with E-state index in [-0.39, 0.29) is 0 Å². The SMILES string of the molecule is COc1ccccc1-c1nn(Cc2ccccc2)cc1/C=N\NC(=O)OC(C)(C)C. The summed E-state index contributed by atoms with van der Waals surface area (Å²) in [6.45, 7) is 5.99. The van der Waals surface area contributed by atoms with Crippen molar-refractivity contribution in [2.75, 3.05) is 7.11 Å². The molecular weight excluding hydrogens is 380 g/mol. The molecule has 7 nitrogen and oxygen atoms in total. The molecule has 0 bridgehead atoms. The van der Waals surface area contributed by atoms with E-state index in [1.54, 1.807) is 34.1 Å². The third kappa shape index (κ3) is 5.70. The minimum absolute atomic E-state index is 0.595. The van der Waals surface area contributed by atoms with Crippen molar-refractivity contribution in [3.05, 3.63) is 71.9 Å². The Bertz CT molecular complexity index is 1020. The quantitative estimate of drug-likeness (QED) is 0.484. The molecule has 0 aliphatic carbocycles. The number of hydrazone groups is 1. The van der Waals surface area contributed by atoms with Crippen molar-refractivity contribution in [3.8, 4) is 17.0 Å². The standard InChI is InChI=1S/C23H26N4O3/c1-23(2,3)30-22(28)25-24-14-18-16-27(15-17-10-6-5-7-11-17)26-21(18)19-12-8-9-13-20(19)29-4/h5-14,16H,15H2,1-4H3,(H,25,28)/b24-14-. The highest BCUT2D eigenvalue weighted by molar-refractivity contribution is 5.90. The number of hydrogen-bond donors (Lipinski definition) is 1. The summed E-state index contributed by atoms with van der Waals surface area (Å²) in [7, 11) is 1.62. The van der Waals surface area contributed by atoms with Gasteiger partial charge in [0.05, 0.1) is 19.9 Å². The Balaban J connectivity index is 1.89. The lowest BCUT2D eigenvalue weighted by Crippen LogP contribution is -2.29. The van der Waals surface area contributed by atoms with E-state index in [2.05, 4.69) is 10.5 Å². The Morgan fingerprint density at radius 3 is 2.53 bits per heavy atom. The minimum atomic E-state index is -0.616. The number of rotatable bonds is 6. The number of benzene rings is 2. The average Bonchev–Trinajstić information content (AvgIpc) is 3.09. The minimum Gasteiger partial charge on any atom is -0.496 e. The first-order valence-corrected chi connectivity index (χ1v) is 9.62. The summed E-state index contributed by atoms with van der Waals surface area (Å²) in [5, 5.41) is 8.79. The molecule has 0 saturated heterocycles. The number of carbonyl (C=O) groups is 1. The lowest BCUT2D eigenvalue weighted by molar-refractivity contribution is 0.0529. The van der Waals surface area contributed by atoms with E-state index in [4.69, 9.17) is 14.6 Å². The zero-order chi connectivity index (χ0) is 21.6. The van der Waals surface area contributed by atoms with E-state index >= 15 is 0 Å². The summed E-state index contributed by atoms with van der Waals surface area (Å²) < 4.78 is 12.5. The van der Waals surface area contributed by atoms with Gasteiger partial charge in [-0.15, -0.1) is 0 Å². The lowest BCUT2D eigenvalue weighted by Gasteiger charge is -2.18. The molecule has 1 aromatic heterocycles. The van der Waals surface area contributed by atoms with Gasteiger partial charge in [-0.1, -0.05) is 42.5 Å². The smallest absolute Gasteiger partial charge is 0.428 e. The fourth-order valence-corrected chi connectivity index (χ4v) is 2.89. The summed E-state index contributed by atoms with van der Waals surface area (Å²) in [5.74, 6) is 0.706. The van der Waals surface area contributed by atoms with Gasteiger partial charge in [0.2, 0.25) is 0 Å². The second-order valence-electron chi connectivity index (χ2n) is 7.69. The second-order valence-corrected chi connectivity index (χ2v) is 7.69. The number of nitrogens with one attached hydrogen (secondary N) is 1. The Morgan fingerprint density at radius 2 is 1.83 bits per heavy atom. The summed E-state index contributed by atoms with van der Waals surface area (Å²) in [6.07, 6.45) is 2.82. The third-order valence-electron chi connectivity index (χ3n) is 4.10. The van der Waals surface area contributed by atoms with Gasteiger partial charge in [-0.25, -0.2) is 10.2 Å². The molecule has 2 aromatic carbocycles. The molecule has 0 saturated carbocycles. The van der Waals surface area contributed by atoms with Crippen LogP contribution in [-0.4, -0.2) is 34.8 Å². The van der Waals surface area contributed by atoms with Gasteiger partial charge in [0, 0.05) is 17.3 Å². The zero-order valence-corrected chi connectivity index (χ0v) is 17.6. The van der Waals surface area contributed by atoms with Crippen LogP contribution in [0.1, 0.15) is 31.9 Å². The number of methoxy groups -OCH3 is 1. The van der Waals surface area contributed by atoms with E-state index in [0.29, 0.717) is 18.0 Å². The van der Waals surface area contributed by atoms with E-state index in [9.17, 15) is 4.79 Å². The lowest BCUT2D eigenvalue weighted by atomic mass is 10.1. The highest BCUT2D eigenvalue weighted by atomic mass is 16.6. The van der Waals surface area contributed by atoms with Crippen LogP contribution in [0.15, 0.2) is 65.9 Å². The maximum absolute atomic E-state index is 11.9. The maximum atomic E-state index is 11.9. The first-order chi connectivity index (χ1) is 14.4. The maximum Gasteiger partial charge on any atom is 0.428 e. The Kier molecular flexibility index (Phi) is 6.51. The van der Waals surface area contributed by atoms with Crippen molar-refractivity contribution in [2.24, 2.45) is 5.10 Å². The van der Waals surface area contributed by atoms with Crippen LogP contribution in [0.4, 0.5) is 4.79 Å². The molecule has 156 valence electrons. The summed E-state index contributed by atoms with van der Waals surface area (Å²) in [4.78, 5) is 11.9. The fourth-order valence-electron chi connectivity index (χ4n) is 2.89. The molecular formula is C23H26N4O3. The number of aromatic nitrogens is 2. The number of amides is 1. The molecule has 3 aromatic rings. The van der Waals surface area contributed by atoms with Crippen molar-refractivity contribution >= 4 is 12.3 Å². The van der Waals surface area contributed by atoms with Gasteiger partial charge in [0.25, 0.3) is 0 Å². The van der Waals surface area contributed by atoms with Gasteiger partial charge in [0.1, 0.15) is 17.0 Å². The molecule has 7 heteroatoms. The molecule has 0 unspecified atom stereocenters. The summed E-state index contributed by atoms with van der Waals surface area (Å²) in [6, 6.07) is 17.7. The number of hydrogen-bond acceptors (Lipinski definition) is 5. The van der Waals surface area contributed by atoms with E-state index in [0.717, 1.165) is 16.7 Å². The van der Waals surface area contributed by atoms with Crippen molar-refractivity contribution < 1.29 is 14.3 Å². The van der Waals surface area contributed by atoms with Gasteiger partial charge < -0.3 is 9.47 Å². The van der Waals surface area contributed by atoms with Crippen LogP contribution in [0.25, 0.3) is 11.3 Å². The van der Waals surface area contributed by atoms with Crippen LogP contribution < -0.4 is 10.2 Å². The van der Waals surface area contributed by atoms with E-state index in [1.165, 1.54) is 0 Å². The monoisotopic (exact) mass is 406 g/mol. The predicted molar refractivity (Wildman–Crippen MR) is 117 cm³/mol. The molecule has 30 heavy (non-hydrogen) atoms. The molecule has 0 fully saturated rings. The van der Waals surface area contributed by atoms with Gasteiger partial charge in [0.15, 0.2) is 0 Å². The molecule has 0 radical (unpaired) electrons. The van der Waals surface area contributed by atoms with Crippen LogP contribution in [0.5, 0.6) is 5.75 Å². The highest BCUT2D eigenvalue weighted by Crippen LogP contribution is 2.30. The zero-order valence-electron chi connectivity index (χ0n) is 17.6. The molecule has 3 rings (SSSR count). The summed E-state index contributed by atoms with van der Waals surface area (Å²) >= 11 is 0. The summed E-state index contributed by atoms with van der Waals surface area (Å²) in [5.41, 5.74) is 5.21. The molecule has 1 heterocycles. The normalized spacial score (nSPS) is 11.5. The topological polar surface area (TPSA) is 77.7 Å². The van der Waals surface area contributed by atoms with Crippen LogP contribution in [0.2, 0.25) is 0 Å². The van der Waals surface area contributed by atoms with E-state index in [1.807, 2.05) is 65.5 Å². The van der Waals surface area contributed by atoms with Gasteiger partial charge in [-0.2, -0.15) is 10.2 Å². The first-order valence-electron chi connectivity index (χ1n) is 9.62. The molecule has 1 N–H and O–H groups in total.